The average molecular weight is 563 g/mol. The van der Waals surface area contributed by atoms with Crippen molar-refractivity contribution in [2.45, 2.75) is 39.2 Å². The largest absolute Gasteiger partial charge is 0.379 e. The lowest BCUT2D eigenvalue weighted by Gasteiger charge is -2.31. The first kappa shape index (κ1) is 26.8. The van der Waals surface area contributed by atoms with Crippen LogP contribution in [0.1, 0.15) is 37.3 Å². The third-order valence-electron chi connectivity index (χ3n) is 6.40. The lowest BCUT2D eigenvalue weighted by molar-refractivity contribution is -0.138. The van der Waals surface area contributed by atoms with E-state index in [0.717, 1.165) is 76.7 Å². The van der Waals surface area contributed by atoms with Crippen LogP contribution in [-0.2, 0) is 23.1 Å². The molecular formula is C21H39IN8O2. The van der Waals surface area contributed by atoms with Crippen LogP contribution in [0.3, 0.4) is 0 Å². The lowest BCUT2D eigenvalue weighted by Crippen LogP contribution is -2.50. The van der Waals surface area contributed by atoms with Gasteiger partial charge in [0.25, 0.3) is 0 Å². The Bertz CT molecular complexity index is 755. The molecule has 0 unspecified atom stereocenters. The highest BCUT2D eigenvalue weighted by Crippen LogP contribution is 2.38. The van der Waals surface area contributed by atoms with Crippen molar-refractivity contribution >= 4 is 35.8 Å². The summed E-state index contributed by atoms with van der Waals surface area (Å²) in [5.41, 5.74) is -0.350. The van der Waals surface area contributed by atoms with Crippen LogP contribution in [0.15, 0.2) is 4.99 Å². The molecule has 2 aliphatic rings. The summed E-state index contributed by atoms with van der Waals surface area (Å²) >= 11 is 0. The Morgan fingerprint density at radius 3 is 2.47 bits per heavy atom. The van der Waals surface area contributed by atoms with Crippen LogP contribution in [0.2, 0.25) is 0 Å². The van der Waals surface area contributed by atoms with Gasteiger partial charge in [0, 0.05) is 53.9 Å². The normalized spacial score (nSPS) is 18.8. The van der Waals surface area contributed by atoms with Crippen LogP contribution in [0, 0.1) is 12.3 Å². The molecule has 1 saturated heterocycles. The summed E-state index contributed by atoms with van der Waals surface area (Å²) in [7, 11) is 5.63. The van der Waals surface area contributed by atoms with E-state index < -0.39 is 0 Å². The Labute approximate surface area is 208 Å². The summed E-state index contributed by atoms with van der Waals surface area (Å²) in [4.78, 5) is 21.8. The molecular weight excluding hydrogens is 523 g/mol. The molecule has 2 heterocycles. The third-order valence-corrected chi connectivity index (χ3v) is 6.40. The van der Waals surface area contributed by atoms with Gasteiger partial charge in [-0.25, -0.2) is 4.99 Å². The van der Waals surface area contributed by atoms with Crippen molar-refractivity contribution in [2.75, 3.05) is 60.0 Å². The number of carbonyl (C=O) groups excluding carboxylic acids is 1. The van der Waals surface area contributed by atoms with Crippen LogP contribution >= 0.6 is 24.0 Å². The molecule has 1 aromatic rings. The fraction of sp³-hybridized carbons (Fsp3) is 0.810. The van der Waals surface area contributed by atoms with E-state index in [2.05, 4.69) is 25.7 Å². The Kier molecular flexibility index (Phi) is 10.6. The maximum absolute atomic E-state index is 12.9. The average Bonchev–Trinajstić information content (AvgIpc) is 3.38. The molecule has 10 nitrogen and oxygen atoms in total. The lowest BCUT2D eigenvalue weighted by atomic mass is 9.84. The second-order valence-electron chi connectivity index (χ2n) is 8.81. The van der Waals surface area contributed by atoms with Gasteiger partial charge >= 0.3 is 0 Å². The van der Waals surface area contributed by atoms with Gasteiger partial charge in [-0.3, -0.25) is 9.69 Å². The number of nitrogens with zero attached hydrogens (tertiary/aromatic N) is 6. The smallest absolute Gasteiger partial charge is 0.230 e. The molecule has 0 bridgehead atoms. The predicted molar refractivity (Wildman–Crippen MR) is 135 cm³/mol. The van der Waals surface area contributed by atoms with Crippen LogP contribution in [0.25, 0.3) is 0 Å². The molecule has 0 atom stereocenters. The van der Waals surface area contributed by atoms with Gasteiger partial charge < -0.3 is 24.8 Å². The van der Waals surface area contributed by atoms with Crippen molar-refractivity contribution in [3.63, 3.8) is 0 Å². The van der Waals surface area contributed by atoms with Gasteiger partial charge in [-0.1, -0.05) is 12.8 Å². The highest BCUT2D eigenvalue weighted by Gasteiger charge is 2.42. The van der Waals surface area contributed by atoms with Crippen molar-refractivity contribution in [1.82, 2.24) is 35.2 Å². The van der Waals surface area contributed by atoms with E-state index in [1.807, 2.05) is 32.6 Å². The van der Waals surface area contributed by atoms with E-state index in [9.17, 15) is 4.79 Å². The molecule has 1 aliphatic heterocycles. The monoisotopic (exact) mass is 562 g/mol. The first-order valence-corrected chi connectivity index (χ1v) is 11.3. The summed E-state index contributed by atoms with van der Waals surface area (Å²) in [6.07, 6.45) is 4.02. The second kappa shape index (κ2) is 12.7. The molecule has 11 heteroatoms. The summed E-state index contributed by atoms with van der Waals surface area (Å²) in [5.74, 6) is 2.59. The molecule has 182 valence electrons. The second-order valence-corrected chi connectivity index (χ2v) is 8.81. The van der Waals surface area contributed by atoms with Gasteiger partial charge in [-0.15, -0.1) is 34.2 Å². The van der Waals surface area contributed by atoms with E-state index in [-0.39, 0.29) is 35.3 Å². The fourth-order valence-electron chi connectivity index (χ4n) is 4.32. The number of rotatable bonds is 8. The Hall–Kier alpha value is -1.47. The van der Waals surface area contributed by atoms with Crippen LogP contribution < -0.4 is 10.6 Å². The van der Waals surface area contributed by atoms with Gasteiger partial charge in [0.2, 0.25) is 5.91 Å². The zero-order chi connectivity index (χ0) is 22.3. The molecule has 2 fully saturated rings. The Morgan fingerprint density at radius 1 is 1.19 bits per heavy atom. The first-order valence-electron chi connectivity index (χ1n) is 11.3. The van der Waals surface area contributed by atoms with Crippen molar-refractivity contribution in [3.05, 3.63) is 11.6 Å². The fourth-order valence-corrected chi connectivity index (χ4v) is 4.32. The Balaban J connectivity index is 0.00000363. The summed E-state index contributed by atoms with van der Waals surface area (Å²) in [6, 6.07) is 0. The topological polar surface area (TPSA) is 99.9 Å². The Morgan fingerprint density at radius 2 is 1.88 bits per heavy atom. The molecule has 1 amide bonds. The number of amides is 1. The van der Waals surface area contributed by atoms with E-state index in [1.165, 1.54) is 0 Å². The van der Waals surface area contributed by atoms with Gasteiger partial charge in [0.05, 0.1) is 18.6 Å². The van der Waals surface area contributed by atoms with E-state index in [0.29, 0.717) is 19.0 Å². The first-order chi connectivity index (χ1) is 14.9. The van der Waals surface area contributed by atoms with Gasteiger partial charge in [-0.05, 0) is 19.8 Å². The number of guanidine groups is 1. The maximum atomic E-state index is 12.9. The number of hydrogen-bond donors (Lipinski definition) is 2. The molecule has 0 spiro atoms. The number of aromatic nitrogens is 3. The van der Waals surface area contributed by atoms with Gasteiger partial charge in [-0.2, -0.15) is 0 Å². The molecule has 1 saturated carbocycles. The standard InChI is InChI=1S/C21H38N8O2.HI/c1-17-25-26-18(28(17)4)15-23-20(22-9-10-29-11-13-31-14-12-29)24-16-21(7-5-6-8-21)19(30)27(2)3;/h5-16H2,1-4H3,(H2,22,23,24);1H. The van der Waals surface area contributed by atoms with Crippen molar-refractivity contribution in [2.24, 2.45) is 17.5 Å². The number of nitrogens with one attached hydrogen (secondary N) is 2. The number of aryl methyl sites for hydroxylation is 1. The van der Waals surface area contributed by atoms with E-state index in [4.69, 9.17) is 9.73 Å². The van der Waals surface area contributed by atoms with Crippen molar-refractivity contribution < 1.29 is 9.53 Å². The molecule has 0 aromatic carbocycles. The number of carbonyl (C=O) groups is 1. The van der Waals surface area contributed by atoms with Crippen molar-refractivity contribution in [3.8, 4) is 0 Å². The van der Waals surface area contributed by atoms with Crippen LogP contribution in [0.5, 0.6) is 0 Å². The third kappa shape index (κ3) is 7.01. The molecule has 3 rings (SSSR count). The number of aliphatic imine (C=N–C) groups is 1. The summed E-state index contributed by atoms with van der Waals surface area (Å²) in [5, 5.41) is 15.2. The zero-order valence-electron chi connectivity index (χ0n) is 19.9. The van der Waals surface area contributed by atoms with Crippen LogP contribution in [0.4, 0.5) is 0 Å². The van der Waals surface area contributed by atoms with Crippen LogP contribution in [-0.4, -0.2) is 96.5 Å². The number of morpholine rings is 1. The van der Waals surface area contributed by atoms with Crippen molar-refractivity contribution in [1.29, 1.82) is 0 Å². The highest BCUT2D eigenvalue weighted by atomic mass is 127. The minimum absolute atomic E-state index is 0. The summed E-state index contributed by atoms with van der Waals surface area (Å²) in [6.45, 7) is 8.15. The quantitative estimate of drug-likeness (QED) is 0.274. The molecule has 2 N–H and O–H groups in total. The number of halogens is 1. The van der Waals surface area contributed by atoms with E-state index >= 15 is 0 Å². The number of ether oxygens (including phenoxy) is 1. The van der Waals surface area contributed by atoms with E-state index in [1.54, 1.807) is 4.90 Å². The minimum atomic E-state index is -0.350. The molecule has 1 aromatic heterocycles. The zero-order valence-corrected chi connectivity index (χ0v) is 22.2. The van der Waals surface area contributed by atoms with Gasteiger partial charge in [0.15, 0.2) is 11.8 Å². The molecule has 1 aliphatic carbocycles. The molecule has 0 radical (unpaired) electrons. The summed E-state index contributed by atoms with van der Waals surface area (Å²) < 4.78 is 7.37. The molecule has 32 heavy (non-hydrogen) atoms. The highest BCUT2D eigenvalue weighted by molar-refractivity contribution is 14.0. The minimum Gasteiger partial charge on any atom is -0.379 e. The van der Waals surface area contributed by atoms with Gasteiger partial charge in [0.1, 0.15) is 12.4 Å². The number of hydrogen-bond acceptors (Lipinski definition) is 6. The predicted octanol–water partition coefficient (Wildman–Crippen LogP) is 0.758. The SMILES string of the molecule is Cc1nnc(CN=C(NCCN2CCOCC2)NCC2(C(=O)N(C)C)CCCC2)n1C.I. The maximum Gasteiger partial charge on any atom is 0.230 e.